The van der Waals surface area contributed by atoms with Crippen LogP contribution in [0.3, 0.4) is 0 Å². The minimum Gasteiger partial charge on any atom is -0.481 e. The number of rotatable bonds is 7. The number of halogens is 3. The molecule has 0 radical (unpaired) electrons. The van der Waals surface area contributed by atoms with Crippen molar-refractivity contribution >= 4 is 29.5 Å². The number of alkyl halides is 3. The number of carboxylic acid groups (broad SMARTS) is 1. The lowest BCUT2D eigenvalue weighted by Crippen LogP contribution is -2.12. The Bertz CT molecular complexity index is 252. The molecule has 0 aromatic rings. The molecule has 94 valence electrons. The van der Waals surface area contributed by atoms with Crippen LogP contribution in [0.15, 0.2) is 0 Å². The van der Waals surface area contributed by atoms with Crippen molar-refractivity contribution < 1.29 is 23.1 Å². The van der Waals surface area contributed by atoms with E-state index >= 15 is 0 Å². The summed E-state index contributed by atoms with van der Waals surface area (Å²) < 4.78 is 35.3. The summed E-state index contributed by atoms with van der Waals surface area (Å²) in [5, 5.41) is 8.64. The summed E-state index contributed by atoms with van der Waals surface area (Å²) in [5.74, 6) is 0.309. The van der Waals surface area contributed by atoms with Crippen LogP contribution in [0, 0.1) is 5.41 Å². The van der Waals surface area contributed by atoms with Crippen molar-refractivity contribution in [1.82, 2.24) is 0 Å². The molecule has 0 aromatic heterocycles. The highest BCUT2D eigenvalue weighted by molar-refractivity contribution is 8.03. The third kappa shape index (κ3) is 5.89. The number of carbonyl (C=O) groups is 1. The average molecular weight is 274 g/mol. The zero-order valence-electron chi connectivity index (χ0n) is 8.55. The molecule has 16 heavy (non-hydrogen) atoms. The molecule has 1 rings (SSSR count). The molecule has 1 saturated carbocycles. The average Bonchev–Trinajstić information content (AvgIpc) is 2.81. The maximum Gasteiger partial charge on any atom is 0.441 e. The molecule has 0 aromatic carbocycles. The van der Waals surface area contributed by atoms with Gasteiger partial charge in [-0.1, -0.05) is 11.8 Å². The van der Waals surface area contributed by atoms with Gasteiger partial charge in [0.15, 0.2) is 0 Å². The fourth-order valence-electron chi connectivity index (χ4n) is 1.37. The summed E-state index contributed by atoms with van der Waals surface area (Å²) in [6, 6.07) is 0. The van der Waals surface area contributed by atoms with Gasteiger partial charge in [-0.3, -0.25) is 4.79 Å². The van der Waals surface area contributed by atoms with E-state index in [2.05, 4.69) is 0 Å². The first-order valence-electron chi connectivity index (χ1n) is 4.83. The lowest BCUT2D eigenvalue weighted by molar-refractivity contribution is -0.138. The summed E-state index contributed by atoms with van der Waals surface area (Å²) in [4.78, 5) is 10.5. The van der Waals surface area contributed by atoms with Crippen molar-refractivity contribution in [2.24, 2.45) is 5.41 Å². The summed E-state index contributed by atoms with van der Waals surface area (Å²) in [6.45, 7) is 0. The largest absolute Gasteiger partial charge is 0.481 e. The molecule has 1 aliphatic carbocycles. The molecule has 0 saturated heterocycles. The Morgan fingerprint density at radius 2 is 1.94 bits per heavy atom. The standard InChI is InChI=1S/C9H13F3O2S2/c10-9(11,12)16-4-3-15-6-8(1-2-8)5-7(13)14/h1-6H2,(H,13,14). The molecule has 0 atom stereocenters. The first kappa shape index (κ1) is 14.0. The maximum absolute atomic E-state index is 11.8. The quantitative estimate of drug-likeness (QED) is 0.723. The minimum absolute atomic E-state index is 0.0187. The van der Waals surface area contributed by atoms with Crippen molar-refractivity contribution in [2.75, 3.05) is 17.3 Å². The smallest absolute Gasteiger partial charge is 0.441 e. The van der Waals surface area contributed by atoms with E-state index in [1.165, 1.54) is 11.8 Å². The number of carboxylic acids is 1. The molecule has 1 fully saturated rings. The Morgan fingerprint density at radius 1 is 1.31 bits per heavy atom. The van der Waals surface area contributed by atoms with E-state index in [1.807, 2.05) is 0 Å². The van der Waals surface area contributed by atoms with Gasteiger partial charge < -0.3 is 5.11 Å². The predicted octanol–water partition coefficient (Wildman–Crippen LogP) is 3.23. The Balaban J connectivity index is 2.05. The minimum atomic E-state index is -4.15. The SMILES string of the molecule is O=C(O)CC1(CSCCSC(F)(F)F)CC1. The van der Waals surface area contributed by atoms with Crippen LogP contribution in [-0.2, 0) is 4.79 Å². The third-order valence-electron chi connectivity index (χ3n) is 2.38. The fourth-order valence-corrected chi connectivity index (χ4v) is 3.38. The van der Waals surface area contributed by atoms with E-state index in [1.54, 1.807) is 0 Å². The summed E-state index contributed by atoms with van der Waals surface area (Å²) in [7, 11) is 0. The van der Waals surface area contributed by atoms with E-state index in [-0.39, 0.29) is 29.4 Å². The Hall–Kier alpha value is -0.0400. The topological polar surface area (TPSA) is 37.3 Å². The molecule has 0 aliphatic heterocycles. The Kier molecular flexibility index (Phi) is 4.85. The summed E-state index contributed by atoms with van der Waals surface area (Å²) in [5.41, 5.74) is -4.28. The lowest BCUT2D eigenvalue weighted by atomic mass is 10.1. The Labute approximate surface area is 100 Å². The predicted molar refractivity (Wildman–Crippen MR) is 59.8 cm³/mol. The second-order valence-corrected chi connectivity index (χ2v) is 6.18. The highest BCUT2D eigenvalue weighted by atomic mass is 32.2. The van der Waals surface area contributed by atoms with Gasteiger partial charge in [0.2, 0.25) is 0 Å². The number of thioether (sulfide) groups is 2. The Morgan fingerprint density at radius 3 is 2.38 bits per heavy atom. The van der Waals surface area contributed by atoms with Crippen molar-refractivity contribution in [2.45, 2.75) is 24.8 Å². The van der Waals surface area contributed by atoms with E-state index in [4.69, 9.17) is 5.11 Å². The monoisotopic (exact) mass is 274 g/mol. The van der Waals surface area contributed by atoms with E-state index in [0.29, 0.717) is 11.5 Å². The summed E-state index contributed by atoms with van der Waals surface area (Å²) in [6.07, 6.45) is 1.92. The molecule has 7 heteroatoms. The second-order valence-electron chi connectivity index (χ2n) is 3.92. The van der Waals surface area contributed by atoms with Crippen molar-refractivity contribution in [1.29, 1.82) is 0 Å². The zero-order valence-corrected chi connectivity index (χ0v) is 10.2. The zero-order chi connectivity index (χ0) is 12.2. The van der Waals surface area contributed by atoms with Crippen LogP contribution in [0.4, 0.5) is 13.2 Å². The van der Waals surface area contributed by atoms with Crippen molar-refractivity contribution in [3.05, 3.63) is 0 Å². The first-order chi connectivity index (χ1) is 7.33. The van der Waals surface area contributed by atoms with Crippen LogP contribution in [0.1, 0.15) is 19.3 Å². The van der Waals surface area contributed by atoms with E-state index in [0.717, 1.165) is 12.8 Å². The number of hydrogen-bond donors (Lipinski definition) is 1. The molecular weight excluding hydrogens is 261 g/mol. The van der Waals surface area contributed by atoms with Crippen LogP contribution in [0.5, 0.6) is 0 Å². The highest BCUT2D eigenvalue weighted by Crippen LogP contribution is 2.51. The molecule has 0 spiro atoms. The van der Waals surface area contributed by atoms with Gasteiger partial charge in [0, 0.05) is 11.5 Å². The normalized spacial score (nSPS) is 18.4. The van der Waals surface area contributed by atoms with Gasteiger partial charge >= 0.3 is 11.5 Å². The van der Waals surface area contributed by atoms with Gasteiger partial charge in [-0.05, 0) is 24.0 Å². The van der Waals surface area contributed by atoms with Gasteiger partial charge in [-0.2, -0.15) is 24.9 Å². The van der Waals surface area contributed by atoms with Crippen LogP contribution < -0.4 is 0 Å². The summed E-state index contributed by atoms with van der Waals surface area (Å²) >= 11 is 1.40. The van der Waals surface area contributed by atoms with Crippen LogP contribution >= 0.6 is 23.5 Å². The molecule has 1 N–H and O–H groups in total. The van der Waals surface area contributed by atoms with Crippen molar-refractivity contribution in [3.63, 3.8) is 0 Å². The maximum atomic E-state index is 11.8. The number of aliphatic carboxylic acids is 1. The highest BCUT2D eigenvalue weighted by Gasteiger charge is 2.44. The molecule has 0 bridgehead atoms. The molecule has 0 amide bonds. The fraction of sp³-hybridized carbons (Fsp3) is 0.889. The first-order valence-corrected chi connectivity index (χ1v) is 6.97. The van der Waals surface area contributed by atoms with Gasteiger partial charge in [-0.15, -0.1) is 0 Å². The van der Waals surface area contributed by atoms with Crippen molar-refractivity contribution in [3.8, 4) is 0 Å². The van der Waals surface area contributed by atoms with Gasteiger partial charge in [0.05, 0.1) is 6.42 Å². The van der Waals surface area contributed by atoms with Gasteiger partial charge in [-0.25, -0.2) is 0 Å². The molecule has 0 unspecified atom stereocenters. The van der Waals surface area contributed by atoms with Crippen LogP contribution in [-0.4, -0.2) is 33.8 Å². The second kappa shape index (κ2) is 5.53. The number of hydrogen-bond acceptors (Lipinski definition) is 3. The van der Waals surface area contributed by atoms with Crippen LogP contribution in [0.25, 0.3) is 0 Å². The molecule has 2 nitrogen and oxygen atoms in total. The van der Waals surface area contributed by atoms with E-state index in [9.17, 15) is 18.0 Å². The molecule has 0 heterocycles. The lowest BCUT2D eigenvalue weighted by Gasteiger charge is -2.11. The molecule has 1 aliphatic rings. The van der Waals surface area contributed by atoms with Gasteiger partial charge in [0.1, 0.15) is 0 Å². The van der Waals surface area contributed by atoms with Crippen LogP contribution in [0.2, 0.25) is 0 Å². The van der Waals surface area contributed by atoms with Gasteiger partial charge in [0.25, 0.3) is 0 Å². The molecular formula is C9H13F3O2S2. The van der Waals surface area contributed by atoms with E-state index < -0.39 is 11.5 Å². The third-order valence-corrected chi connectivity index (χ3v) is 4.69.